The number of rotatable bonds is 3. The zero-order valence-electron chi connectivity index (χ0n) is 11.3. The summed E-state index contributed by atoms with van der Waals surface area (Å²) in [6, 6.07) is 0. The van der Waals surface area contributed by atoms with Gasteiger partial charge in [-0.15, -0.1) is 0 Å². The van der Waals surface area contributed by atoms with Crippen molar-refractivity contribution < 1.29 is 0 Å². The molecule has 2 rings (SSSR count). The summed E-state index contributed by atoms with van der Waals surface area (Å²) in [6.07, 6.45) is 7.38. The Hall–Kier alpha value is -1.75. The minimum Gasteiger partial charge on any atom is -0.308 e. The molecule has 0 bridgehead atoms. The number of hydrogen-bond acceptors (Lipinski definition) is 4. The van der Waals surface area contributed by atoms with Crippen LogP contribution in [0.25, 0.3) is 11.4 Å². The van der Waals surface area contributed by atoms with Crippen molar-refractivity contribution in [2.24, 2.45) is 7.05 Å². The van der Waals surface area contributed by atoms with Crippen molar-refractivity contribution in [3.05, 3.63) is 30.4 Å². The van der Waals surface area contributed by atoms with Gasteiger partial charge in [-0.1, -0.05) is 0 Å². The van der Waals surface area contributed by atoms with Crippen molar-refractivity contribution in [1.29, 1.82) is 0 Å². The van der Waals surface area contributed by atoms with Gasteiger partial charge in [0.1, 0.15) is 0 Å². The van der Waals surface area contributed by atoms with E-state index in [0.29, 0.717) is 5.82 Å². The van der Waals surface area contributed by atoms with Gasteiger partial charge in [-0.2, -0.15) is 5.10 Å². The molecule has 0 saturated heterocycles. The molecule has 0 amide bonds. The van der Waals surface area contributed by atoms with Crippen molar-refractivity contribution in [2.75, 3.05) is 0 Å². The largest absolute Gasteiger partial charge is 0.308 e. The van der Waals surface area contributed by atoms with Crippen molar-refractivity contribution in [3.63, 3.8) is 0 Å². The molecule has 0 saturated carbocycles. The molecule has 2 heterocycles. The van der Waals surface area contributed by atoms with Gasteiger partial charge in [-0.25, -0.2) is 9.97 Å². The second-order valence-electron chi connectivity index (χ2n) is 5.42. The van der Waals surface area contributed by atoms with E-state index in [9.17, 15) is 0 Å². The van der Waals surface area contributed by atoms with Crippen LogP contribution in [0.2, 0.25) is 0 Å². The highest BCUT2D eigenvalue weighted by Gasteiger charge is 2.09. The Labute approximate surface area is 107 Å². The third kappa shape index (κ3) is 3.37. The van der Waals surface area contributed by atoms with Gasteiger partial charge in [-0.05, 0) is 20.8 Å². The standard InChI is InChI=1S/C13H19N5/c1-13(2,3)16-7-10-5-14-12(15-6-10)11-8-17-18(4)9-11/h5-6,8-9,16H,7H2,1-4H3. The molecule has 0 atom stereocenters. The lowest BCUT2D eigenvalue weighted by atomic mass is 10.1. The quantitative estimate of drug-likeness (QED) is 0.895. The third-order valence-corrected chi connectivity index (χ3v) is 2.49. The monoisotopic (exact) mass is 245 g/mol. The first-order valence-corrected chi connectivity index (χ1v) is 5.99. The van der Waals surface area contributed by atoms with E-state index in [1.165, 1.54) is 0 Å². The van der Waals surface area contributed by atoms with Gasteiger partial charge in [0, 0.05) is 43.3 Å². The molecule has 1 N–H and O–H groups in total. The Morgan fingerprint density at radius 3 is 2.33 bits per heavy atom. The van der Waals surface area contributed by atoms with E-state index in [2.05, 4.69) is 41.2 Å². The van der Waals surface area contributed by atoms with E-state index in [1.807, 2.05) is 25.6 Å². The number of nitrogens with zero attached hydrogens (tertiary/aromatic N) is 4. The Bertz CT molecular complexity index is 507. The van der Waals surface area contributed by atoms with Crippen LogP contribution in [0.3, 0.4) is 0 Å². The fraction of sp³-hybridized carbons (Fsp3) is 0.462. The second-order valence-corrected chi connectivity index (χ2v) is 5.42. The zero-order valence-corrected chi connectivity index (χ0v) is 11.3. The molecule has 0 unspecified atom stereocenters. The first-order valence-electron chi connectivity index (χ1n) is 5.99. The Balaban J connectivity index is 2.06. The predicted molar refractivity (Wildman–Crippen MR) is 70.8 cm³/mol. The van der Waals surface area contributed by atoms with Gasteiger partial charge < -0.3 is 5.32 Å². The molecule has 0 aliphatic rings. The highest BCUT2D eigenvalue weighted by molar-refractivity contribution is 5.51. The number of aromatic nitrogens is 4. The molecule has 2 aromatic heterocycles. The molecule has 0 radical (unpaired) electrons. The molecule has 0 aliphatic carbocycles. The Kier molecular flexibility index (Phi) is 3.43. The molecule has 0 aliphatic heterocycles. The number of hydrogen-bond donors (Lipinski definition) is 1. The lowest BCUT2D eigenvalue weighted by Crippen LogP contribution is -2.35. The number of aryl methyl sites for hydroxylation is 1. The average molecular weight is 245 g/mol. The van der Waals surface area contributed by atoms with E-state index >= 15 is 0 Å². The predicted octanol–water partition coefficient (Wildman–Crippen LogP) is 1.77. The van der Waals surface area contributed by atoms with E-state index in [0.717, 1.165) is 17.7 Å². The van der Waals surface area contributed by atoms with Gasteiger partial charge in [0.15, 0.2) is 5.82 Å². The molecule has 0 spiro atoms. The van der Waals surface area contributed by atoms with Crippen LogP contribution in [0, 0.1) is 0 Å². The van der Waals surface area contributed by atoms with E-state index < -0.39 is 0 Å². The van der Waals surface area contributed by atoms with Crippen LogP contribution < -0.4 is 5.32 Å². The maximum absolute atomic E-state index is 4.36. The second kappa shape index (κ2) is 4.86. The first-order chi connectivity index (χ1) is 8.44. The fourth-order valence-corrected chi connectivity index (χ4v) is 1.50. The zero-order chi connectivity index (χ0) is 13.2. The van der Waals surface area contributed by atoms with Crippen molar-refractivity contribution >= 4 is 0 Å². The summed E-state index contributed by atoms with van der Waals surface area (Å²) in [4.78, 5) is 8.72. The summed E-state index contributed by atoms with van der Waals surface area (Å²) >= 11 is 0. The van der Waals surface area contributed by atoms with Crippen LogP contribution in [-0.2, 0) is 13.6 Å². The van der Waals surface area contributed by atoms with Crippen LogP contribution in [-0.4, -0.2) is 25.3 Å². The van der Waals surface area contributed by atoms with E-state index in [-0.39, 0.29) is 5.54 Å². The summed E-state index contributed by atoms with van der Waals surface area (Å²) < 4.78 is 1.74. The van der Waals surface area contributed by atoms with Crippen LogP contribution in [0.15, 0.2) is 24.8 Å². The van der Waals surface area contributed by atoms with Crippen LogP contribution in [0.4, 0.5) is 0 Å². The molecule has 5 nitrogen and oxygen atoms in total. The Morgan fingerprint density at radius 1 is 1.17 bits per heavy atom. The smallest absolute Gasteiger partial charge is 0.162 e. The van der Waals surface area contributed by atoms with Gasteiger partial charge >= 0.3 is 0 Å². The van der Waals surface area contributed by atoms with Crippen LogP contribution >= 0.6 is 0 Å². The fourth-order valence-electron chi connectivity index (χ4n) is 1.50. The molecule has 5 heteroatoms. The first kappa shape index (κ1) is 12.7. The normalized spacial score (nSPS) is 11.8. The Morgan fingerprint density at radius 2 is 1.83 bits per heavy atom. The summed E-state index contributed by atoms with van der Waals surface area (Å²) in [6.45, 7) is 7.18. The van der Waals surface area contributed by atoms with Crippen molar-refractivity contribution in [2.45, 2.75) is 32.9 Å². The van der Waals surface area contributed by atoms with Gasteiger partial charge in [0.05, 0.1) is 11.8 Å². The maximum Gasteiger partial charge on any atom is 0.162 e. The highest BCUT2D eigenvalue weighted by Crippen LogP contribution is 2.12. The average Bonchev–Trinajstić information content (AvgIpc) is 2.73. The molecule has 18 heavy (non-hydrogen) atoms. The SMILES string of the molecule is Cn1cc(-c2ncc(CNC(C)(C)C)cn2)cn1. The third-order valence-electron chi connectivity index (χ3n) is 2.49. The summed E-state index contributed by atoms with van der Waals surface area (Å²) in [5, 5.41) is 7.51. The lowest BCUT2D eigenvalue weighted by Gasteiger charge is -2.20. The molecule has 0 fully saturated rings. The van der Waals surface area contributed by atoms with Gasteiger partial charge in [-0.3, -0.25) is 4.68 Å². The topological polar surface area (TPSA) is 55.6 Å². The molecule has 96 valence electrons. The van der Waals surface area contributed by atoms with Crippen LogP contribution in [0.1, 0.15) is 26.3 Å². The summed E-state index contributed by atoms with van der Waals surface area (Å²) in [5.74, 6) is 0.711. The molecule has 2 aromatic rings. The van der Waals surface area contributed by atoms with Crippen molar-refractivity contribution in [3.8, 4) is 11.4 Å². The van der Waals surface area contributed by atoms with Crippen molar-refractivity contribution in [1.82, 2.24) is 25.1 Å². The van der Waals surface area contributed by atoms with Gasteiger partial charge in [0.25, 0.3) is 0 Å². The van der Waals surface area contributed by atoms with E-state index in [4.69, 9.17) is 0 Å². The lowest BCUT2D eigenvalue weighted by molar-refractivity contribution is 0.423. The highest BCUT2D eigenvalue weighted by atomic mass is 15.2. The minimum absolute atomic E-state index is 0.0992. The van der Waals surface area contributed by atoms with E-state index in [1.54, 1.807) is 10.9 Å². The molecular formula is C13H19N5. The summed E-state index contributed by atoms with van der Waals surface area (Å²) in [7, 11) is 1.88. The van der Waals surface area contributed by atoms with Crippen LogP contribution in [0.5, 0.6) is 0 Å². The molecular weight excluding hydrogens is 226 g/mol. The maximum atomic E-state index is 4.36. The number of nitrogens with one attached hydrogen (secondary N) is 1. The summed E-state index contributed by atoms with van der Waals surface area (Å²) in [5.41, 5.74) is 2.12. The van der Waals surface area contributed by atoms with Gasteiger partial charge in [0.2, 0.25) is 0 Å². The molecule has 0 aromatic carbocycles. The minimum atomic E-state index is 0.0992.